The summed E-state index contributed by atoms with van der Waals surface area (Å²) in [6.45, 7) is 4.78. The number of nitrogens with zero attached hydrogens (tertiary/aromatic N) is 2. The van der Waals surface area contributed by atoms with E-state index in [1.807, 2.05) is 14.0 Å². The Hall–Kier alpha value is -0.940. The lowest BCUT2D eigenvalue weighted by atomic mass is 10.2. The molecule has 1 aliphatic rings. The van der Waals surface area contributed by atoms with E-state index in [2.05, 4.69) is 22.4 Å². The molecule has 1 fully saturated rings. The quantitative estimate of drug-likeness (QED) is 0.785. The Morgan fingerprint density at radius 1 is 1.53 bits per heavy atom. The summed E-state index contributed by atoms with van der Waals surface area (Å²) in [5.74, 6) is 1.99. The zero-order chi connectivity index (χ0) is 12.3. The molecule has 0 amide bonds. The minimum absolute atomic E-state index is 0.0300. The van der Waals surface area contributed by atoms with Crippen LogP contribution < -0.4 is 5.32 Å². The normalized spacial score (nSPS) is 19.2. The maximum atomic E-state index is 5.70. The number of aromatic nitrogens is 2. The molecule has 0 aliphatic heterocycles. The number of likely N-dealkylation sites (N-methyl/N-ethyl adjacent to an activating group) is 1. The number of rotatable bonds is 7. The third-order valence-electron chi connectivity index (χ3n) is 3.11. The monoisotopic (exact) mass is 239 g/mol. The molecule has 5 nitrogen and oxygen atoms in total. The van der Waals surface area contributed by atoms with Gasteiger partial charge in [-0.25, -0.2) is 0 Å². The topological polar surface area (TPSA) is 60.2 Å². The van der Waals surface area contributed by atoms with E-state index in [1.54, 1.807) is 0 Å². The van der Waals surface area contributed by atoms with E-state index in [4.69, 9.17) is 9.26 Å². The van der Waals surface area contributed by atoms with Gasteiger partial charge in [-0.15, -0.1) is 0 Å². The van der Waals surface area contributed by atoms with E-state index in [9.17, 15) is 0 Å². The van der Waals surface area contributed by atoms with Crippen LogP contribution in [0, 0.1) is 5.92 Å². The van der Waals surface area contributed by atoms with Crippen molar-refractivity contribution in [2.75, 3.05) is 13.7 Å². The van der Waals surface area contributed by atoms with Crippen molar-refractivity contribution in [2.24, 2.45) is 5.92 Å². The number of ether oxygens (including phenoxy) is 1. The van der Waals surface area contributed by atoms with Gasteiger partial charge in [0.05, 0.1) is 0 Å². The fourth-order valence-corrected chi connectivity index (χ4v) is 1.83. The van der Waals surface area contributed by atoms with Gasteiger partial charge in [-0.1, -0.05) is 5.16 Å². The van der Waals surface area contributed by atoms with Crippen molar-refractivity contribution in [1.29, 1.82) is 0 Å². The average Bonchev–Trinajstić information content (AvgIpc) is 3.06. The molecule has 5 heteroatoms. The molecule has 2 unspecified atom stereocenters. The second kappa shape index (κ2) is 5.60. The van der Waals surface area contributed by atoms with Gasteiger partial charge < -0.3 is 14.6 Å². The summed E-state index contributed by atoms with van der Waals surface area (Å²) in [6, 6.07) is 0.342. The SMILES string of the molecule is CCOC(c1noc(CC(C)NC)n1)C1CC1. The summed E-state index contributed by atoms with van der Waals surface area (Å²) < 4.78 is 11.0. The van der Waals surface area contributed by atoms with E-state index in [1.165, 1.54) is 12.8 Å². The molecule has 2 atom stereocenters. The Morgan fingerprint density at radius 2 is 2.29 bits per heavy atom. The Morgan fingerprint density at radius 3 is 2.88 bits per heavy atom. The lowest BCUT2D eigenvalue weighted by molar-refractivity contribution is 0.0384. The third-order valence-corrected chi connectivity index (χ3v) is 3.11. The summed E-state index contributed by atoms with van der Waals surface area (Å²) >= 11 is 0. The van der Waals surface area contributed by atoms with Gasteiger partial charge in [0.25, 0.3) is 0 Å². The average molecular weight is 239 g/mol. The lowest BCUT2D eigenvalue weighted by Crippen LogP contribution is -2.23. The lowest BCUT2D eigenvalue weighted by Gasteiger charge is -2.11. The maximum absolute atomic E-state index is 5.70. The second-order valence-corrected chi connectivity index (χ2v) is 4.65. The molecule has 0 radical (unpaired) electrons. The van der Waals surface area contributed by atoms with Crippen molar-refractivity contribution in [3.05, 3.63) is 11.7 Å². The van der Waals surface area contributed by atoms with Crippen molar-refractivity contribution in [3.63, 3.8) is 0 Å². The first-order valence-electron chi connectivity index (χ1n) is 6.36. The van der Waals surface area contributed by atoms with Crippen LogP contribution in [0.3, 0.4) is 0 Å². The highest BCUT2D eigenvalue weighted by Gasteiger charge is 2.36. The van der Waals surface area contributed by atoms with E-state index < -0.39 is 0 Å². The molecule has 96 valence electrons. The largest absolute Gasteiger partial charge is 0.370 e. The Labute approximate surface area is 102 Å². The zero-order valence-electron chi connectivity index (χ0n) is 10.8. The molecule has 1 N–H and O–H groups in total. The van der Waals surface area contributed by atoms with Crippen LogP contribution >= 0.6 is 0 Å². The molecule has 1 saturated carbocycles. The van der Waals surface area contributed by atoms with Gasteiger partial charge in [-0.3, -0.25) is 0 Å². The first-order valence-corrected chi connectivity index (χ1v) is 6.36. The van der Waals surface area contributed by atoms with Crippen molar-refractivity contribution in [3.8, 4) is 0 Å². The summed E-state index contributed by atoms with van der Waals surface area (Å²) in [4.78, 5) is 4.44. The van der Waals surface area contributed by atoms with Gasteiger partial charge in [-0.05, 0) is 39.7 Å². The van der Waals surface area contributed by atoms with Crippen LogP contribution in [0.1, 0.15) is 44.5 Å². The molecular formula is C12H21N3O2. The van der Waals surface area contributed by atoms with Crippen LogP contribution in [-0.4, -0.2) is 29.8 Å². The van der Waals surface area contributed by atoms with Crippen LogP contribution in [0.4, 0.5) is 0 Å². The van der Waals surface area contributed by atoms with Gasteiger partial charge in [0.15, 0.2) is 0 Å². The number of hydrogen-bond donors (Lipinski definition) is 1. The van der Waals surface area contributed by atoms with E-state index in [0.717, 1.165) is 6.42 Å². The minimum Gasteiger partial charge on any atom is -0.370 e. The van der Waals surface area contributed by atoms with Crippen molar-refractivity contribution >= 4 is 0 Å². The molecule has 0 aromatic carbocycles. The zero-order valence-corrected chi connectivity index (χ0v) is 10.8. The predicted octanol–water partition coefficient (Wildman–Crippen LogP) is 1.71. The second-order valence-electron chi connectivity index (χ2n) is 4.65. The molecule has 1 aromatic heterocycles. The Bertz CT molecular complexity index is 349. The minimum atomic E-state index is 0.0300. The molecule has 0 saturated heterocycles. The molecule has 1 aromatic rings. The molecule has 1 heterocycles. The van der Waals surface area contributed by atoms with Gasteiger partial charge in [0.1, 0.15) is 6.10 Å². The van der Waals surface area contributed by atoms with Crippen LogP contribution in [0.15, 0.2) is 4.52 Å². The fourth-order valence-electron chi connectivity index (χ4n) is 1.83. The highest BCUT2D eigenvalue weighted by molar-refractivity contribution is 4.99. The van der Waals surface area contributed by atoms with Crippen molar-refractivity contribution in [1.82, 2.24) is 15.5 Å². The first-order chi connectivity index (χ1) is 8.24. The highest BCUT2D eigenvalue weighted by atomic mass is 16.5. The van der Waals surface area contributed by atoms with Crippen LogP contribution in [-0.2, 0) is 11.2 Å². The maximum Gasteiger partial charge on any atom is 0.228 e. The fraction of sp³-hybridized carbons (Fsp3) is 0.833. The standard InChI is InChI=1S/C12H21N3O2/c1-4-16-11(9-5-6-9)12-14-10(17-15-12)7-8(2)13-3/h8-9,11,13H,4-7H2,1-3H3. The highest BCUT2D eigenvalue weighted by Crippen LogP contribution is 2.42. The third kappa shape index (κ3) is 3.26. The molecular weight excluding hydrogens is 218 g/mol. The first kappa shape index (κ1) is 12.5. The summed E-state index contributed by atoms with van der Waals surface area (Å²) in [6.07, 6.45) is 3.21. The molecule has 1 aliphatic carbocycles. The van der Waals surface area contributed by atoms with Crippen molar-refractivity contribution < 1.29 is 9.26 Å². The number of nitrogens with one attached hydrogen (secondary N) is 1. The van der Waals surface area contributed by atoms with Gasteiger partial charge in [0, 0.05) is 19.1 Å². The smallest absolute Gasteiger partial charge is 0.228 e. The predicted molar refractivity (Wildman–Crippen MR) is 63.6 cm³/mol. The Kier molecular flexibility index (Phi) is 4.12. The van der Waals surface area contributed by atoms with E-state index in [-0.39, 0.29) is 6.10 Å². The summed E-state index contributed by atoms with van der Waals surface area (Å²) in [7, 11) is 1.93. The van der Waals surface area contributed by atoms with Gasteiger partial charge >= 0.3 is 0 Å². The van der Waals surface area contributed by atoms with E-state index in [0.29, 0.717) is 30.3 Å². The van der Waals surface area contributed by atoms with Crippen LogP contribution in [0.5, 0.6) is 0 Å². The van der Waals surface area contributed by atoms with Crippen LogP contribution in [0.25, 0.3) is 0 Å². The number of hydrogen-bond acceptors (Lipinski definition) is 5. The van der Waals surface area contributed by atoms with Gasteiger partial charge in [-0.2, -0.15) is 4.98 Å². The molecule has 17 heavy (non-hydrogen) atoms. The van der Waals surface area contributed by atoms with Crippen LogP contribution in [0.2, 0.25) is 0 Å². The molecule has 0 bridgehead atoms. The van der Waals surface area contributed by atoms with Crippen molar-refractivity contribution in [2.45, 2.75) is 45.3 Å². The molecule has 0 spiro atoms. The van der Waals surface area contributed by atoms with E-state index >= 15 is 0 Å². The summed E-state index contributed by atoms with van der Waals surface area (Å²) in [5.41, 5.74) is 0. The van der Waals surface area contributed by atoms with Gasteiger partial charge in [0.2, 0.25) is 11.7 Å². The summed E-state index contributed by atoms with van der Waals surface area (Å²) in [5, 5.41) is 7.20. The molecule has 2 rings (SSSR count). The Balaban J connectivity index is 2.00.